The molecular formula is C31H38N6O2. The molecule has 0 aliphatic carbocycles. The number of amides is 3. The van der Waals surface area contributed by atoms with Crippen molar-refractivity contribution >= 4 is 34.2 Å². The van der Waals surface area contributed by atoms with Crippen molar-refractivity contribution in [2.24, 2.45) is 0 Å². The molecule has 1 aromatic heterocycles. The van der Waals surface area contributed by atoms with Gasteiger partial charge in [0.15, 0.2) is 0 Å². The van der Waals surface area contributed by atoms with Gasteiger partial charge in [0, 0.05) is 30.0 Å². The maximum absolute atomic E-state index is 13.4. The molecule has 8 heteroatoms. The zero-order valence-electron chi connectivity index (χ0n) is 23.7. The second-order valence-corrected chi connectivity index (χ2v) is 11.1. The molecule has 204 valence electrons. The number of nitrogens with one attached hydrogen (secondary N) is 2. The maximum atomic E-state index is 13.4. The molecule has 1 heterocycles. The van der Waals surface area contributed by atoms with Crippen molar-refractivity contribution in [3.8, 4) is 5.69 Å². The first-order valence-electron chi connectivity index (χ1n) is 13.2. The van der Waals surface area contributed by atoms with Crippen LogP contribution in [-0.4, -0.2) is 65.2 Å². The summed E-state index contributed by atoms with van der Waals surface area (Å²) >= 11 is 0. The summed E-state index contributed by atoms with van der Waals surface area (Å²) in [6, 6.07) is 23.2. The van der Waals surface area contributed by atoms with Crippen molar-refractivity contribution < 1.29 is 9.59 Å². The van der Waals surface area contributed by atoms with Crippen LogP contribution in [0, 0.1) is 6.92 Å². The summed E-state index contributed by atoms with van der Waals surface area (Å²) in [6.07, 6.45) is 0. The first-order valence-corrected chi connectivity index (χ1v) is 13.2. The van der Waals surface area contributed by atoms with Crippen molar-refractivity contribution in [2.45, 2.75) is 33.1 Å². The molecule has 0 fully saturated rings. The second-order valence-electron chi connectivity index (χ2n) is 11.1. The van der Waals surface area contributed by atoms with Gasteiger partial charge in [-0.2, -0.15) is 5.10 Å². The van der Waals surface area contributed by atoms with Gasteiger partial charge in [0.1, 0.15) is 12.4 Å². The Hall–Kier alpha value is -4.17. The lowest BCUT2D eigenvalue weighted by Crippen LogP contribution is -2.43. The van der Waals surface area contributed by atoms with Gasteiger partial charge in [-0.3, -0.25) is 4.79 Å². The van der Waals surface area contributed by atoms with Crippen LogP contribution in [0.5, 0.6) is 0 Å². The number of benzene rings is 3. The minimum Gasteiger partial charge on any atom is -0.314 e. The van der Waals surface area contributed by atoms with E-state index in [1.165, 1.54) is 4.90 Å². The summed E-state index contributed by atoms with van der Waals surface area (Å²) in [4.78, 5) is 30.3. The third kappa shape index (κ3) is 6.83. The standard InChI is InChI=1S/C31H38N6O2/c1-22-12-7-10-17-26(22)37-28(20-27(34-37)31(2,3)4)33-29(38)21-36(19-18-35(5)6)30(39)32-25-16-11-14-23-13-8-9-15-24(23)25/h7-17,20H,18-19,21H2,1-6H3,(H,32,39)(H,33,38). The predicted molar refractivity (Wildman–Crippen MR) is 159 cm³/mol. The van der Waals surface area contributed by atoms with E-state index in [0.29, 0.717) is 24.6 Å². The Bertz CT molecular complexity index is 1460. The monoisotopic (exact) mass is 526 g/mol. The Morgan fingerprint density at radius 1 is 0.897 bits per heavy atom. The average molecular weight is 527 g/mol. The van der Waals surface area contributed by atoms with Crippen LogP contribution in [-0.2, 0) is 10.2 Å². The molecule has 2 N–H and O–H groups in total. The van der Waals surface area contributed by atoms with Crippen LogP contribution in [0.4, 0.5) is 16.3 Å². The number of carbonyl (C=O) groups is 2. The van der Waals surface area contributed by atoms with Gasteiger partial charge >= 0.3 is 6.03 Å². The molecule has 3 aromatic carbocycles. The molecule has 3 amide bonds. The number of rotatable bonds is 8. The molecule has 39 heavy (non-hydrogen) atoms. The molecule has 0 radical (unpaired) electrons. The van der Waals surface area contributed by atoms with E-state index in [1.807, 2.05) is 98.7 Å². The van der Waals surface area contributed by atoms with Gasteiger partial charge < -0.3 is 20.4 Å². The number of aryl methyl sites for hydroxylation is 1. The van der Waals surface area contributed by atoms with E-state index in [2.05, 4.69) is 31.4 Å². The van der Waals surface area contributed by atoms with Gasteiger partial charge in [0.05, 0.1) is 17.1 Å². The minimum absolute atomic E-state index is 0.103. The van der Waals surface area contributed by atoms with Gasteiger partial charge in [-0.15, -0.1) is 0 Å². The lowest BCUT2D eigenvalue weighted by atomic mass is 9.92. The van der Waals surface area contributed by atoms with Gasteiger partial charge in [-0.1, -0.05) is 75.4 Å². The molecule has 0 aliphatic heterocycles. The van der Waals surface area contributed by atoms with Gasteiger partial charge in [-0.25, -0.2) is 9.48 Å². The fourth-order valence-corrected chi connectivity index (χ4v) is 4.28. The van der Waals surface area contributed by atoms with Crippen LogP contribution >= 0.6 is 0 Å². The van der Waals surface area contributed by atoms with Crippen molar-refractivity contribution in [1.29, 1.82) is 0 Å². The van der Waals surface area contributed by atoms with E-state index in [9.17, 15) is 9.59 Å². The van der Waals surface area contributed by atoms with Crippen LogP contribution in [0.25, 0.3) is 16.5 Å². The number of anilines is 2. The van der Waals surface area contributed by atoms with Gasteiger partial charge in [0.25, 0.3) is 0 Å². The Morgan fingerprint density at radius 3 is 2.31 bits per heavy atom. The predicted octanol–water partition coefficient (Wildman–Crippen LogP) is 5.67. The van der Waals surface area contributed by atoms with E-state index in [0.717, 1.165) is 27.7 Å². The highest BCUT2D eigenvalue weighted by atomic mass is 16.2. The molecule has 0 unspecified atom stereocenters. The highest BCUT2D eigenvalue weighted by Crippen LogP contribution is 2.27. The lowest BCUT2D eigenvalue weighted by molar-refractivity contribution is -0.116. The summed E-state index contributed by atoms with van der Waals surface area (Å²) in [7, 11) is 3.88. The molecule has 0 bridgehead atoms. The van der Waals surface area contributed by atoms with Crippen LogP contribution in [0.2, 0.25) is 0 Å². The summed E-state index contributed by atoms with van der Waals surface area (Å²) in [6.45, 7) is 9.18. The summed E-state index contributed by atoms with van der Waals surface area (Å²) < 4.78 is 1.77. The number of aromatic nitrogens is 2. The summed E-state index contributed by atoms with van der Waals surface area (Å²) in [5, 5.41) is 12.8. The van der Waals surface area contributed by atoms with E-state index >= 15 is 0 Å². The molecule has 0 atom stereocenters. The normalized spacial score (nSPS) is 11.6. The Labute approximate surface area is 230 Å². The molecular weight excluding hydrogens is 488 g/mol. The largest absolute Gasteiger partial charge is 0.322 e. The molecule has 8 nitrogen and oxygen atoms in total. The number of hydrogen-bond acceptors (Lipinski definition) is 4. The quantitative estimate of drug-likeness (QED) is 0.310. The first-order chi connectivity index (χ1) is 18.5. The smallest absolute Gasteiger partial charge is 0.314 e. The van der Waals surface area contributed by atoms with Crippen molar-refractivity contribution in [3.05, 3.63) is 84.1 Å². The van der Waals surface area contributed by atoms with Crippen LogP contribution in [0.1, 0.15) is 32.0 Å². The number of nitrogens with zero attached hydrogens (tertiary/aromatic N) is 4. The van der Waals surface area contributed by atoms with Crippen LogP contribution in [0.3, 0.4) is 0 Å². The van der Waals surface area contributed by atoms with E-state index in [1.54, 1.807) is 4.68 Å². The SMILES string of the molecule is Cc1ccccc1-n1nc(C(C)(C)C)cc1NC(=O)CN(CCN(C)C)C(=O)Nc1cccc2ccccc12. The summed E-state index contributed by atoms with van der Waals surface area (Å²) in [5.74, 6) is 0.276. The fraction of sp³-hybridized carbons (Fsp3) is 0.323. The van der Waals surface area contributed by atoms with Crippen LogP contribution < -0.4 is 10.6 Å². The molecule has 0 saturated carbocycles. The lowest BCUT2D eigenvalue weighted by Gasteiger charge is -2.24. The van der Waals surface area contributed by atoms with Gasteiger partial charge in [0.2, 0.25) is 5.91 Å². The number of urea groups is 1. The minimum atomic E-state index is -0.328. The summed E-state index contributed by atoms with van der Waals surface area (Å²) in [5.41, 5.74) is 3.30. The molecule has 0 aliphatic rings. The topological polar surface area (TPSA) is 82.5 Å². The fourth-order valence-electron chi connectivity index (χ4n) is 4.28. The molecule has 4 aromatic rings. The van der Waals surface area contributed by atoms with Crippen molar-refractivity contribution in [1.82, 2.24) is 19.6 Å². The number of hydrogen-bond donors (Lipinski definition) is 2. The Balaban J connectivity index is 1.57. The van der Waals surface area contributed by atoms with Crippen molar-refractivity contribution in [3.63, 3.8) is 0 Å². The molecule has 0 spiro atoms. The third-order valence-corrected chi connectivity index (χ3v) is 6.56. The first kappa shape index (κ1) is 27.9. The van der Waals surface area contributed by atoms with Crippen LogP contribution in [0.15, 0.2) is 72.8 Å². The highest BCUT2D eigenvalue weighted by Gasteiger charge is 2.24. The van der Waals surface area contributed by atoms with Crippen molar-refractivity contribution in [2.75, 3.05) is 44.4 Å². The maximum Gasteiger partial charge on any atom is 0.322 e. The number of likely N-dealkylation sites (N-methyl/N-ethyl adjacent to an activating group) is 1. The zero-order chi connectivity index (χ0) is 28.2. The number of carbonyl (C=O) groups excluding carboxylic acids is 2. The average Bonchev–Trinajstić information content (AvgIpc) is 3.31. The Kier molecular flexibility index (Phi) is 8.35. The second kappa shape index (κ2) is 11.7. The highest BCUT2D eigenvalue weighted by molar-refractivity contribution is 6.03. The number of para-hydroxylation sites is 1. The van der Waals surface area contributed by atoms with E-state index < -0.39 is 0 Å². The zero-order valence-corrected chi connectivity index (χ0v) is 23.7. The number of fused-ring (bicyclic) bond motifs is 1. The molecule has 4 rings (SSSR count). The Morgan fingerprint density at radius 2 is 1.59 bits per heavy atom. The van der Waals surface area contributed by atoms with E-state index in [-0.39, 0.29) is 23.9 Å². The van der Waals surface area contributed by atoms with Gasteiger partial charge in [-0.05, 0) is 44.1 Å². The third-order valence-electron chi connectivity index (χ3n) is 6.56. The molecule has 0 saturated heterocycles. The van der Waals surface area contributed by atoms with E-state index in [4.69, 9.17) is 5.10 Å².